The van der Waals surface area contributed by atoms with Crippen LogP contribution in [0, 0.1) is 6.92 Å². The van der Waals surface area contributed by atoms with Gasteiger partial charge in [0.1, 0.15) is 5.75 Å². The van der Waals surface area contributed by atoms with E-state index in [1.165, 1.54) is 11.1 Å². The fourth-order valence-electron chi connectivity index (χ4n) is 2.72. The number of aryl methyl sites for hydroxylation is 1. The molecule has 0 fully saturated rings. The summed E-state index contributed by atoms with van der Waals surface area (Å²) in [5.41, 5.74) is 8.58. The lowest BCUT2D eigenvalue weighted by atomic mass is 10.0. The van der Waals surface area contributed by atoms with Gasteiger partial charge in [-0.05, 0) is 48.7 Å². The number of nitrogens with one attached hydrogen (secondary N) is 1. The first-order valence-electron chi connectivity index (χ1n) is 9.44. The number of hydrogen-bond acceptors (Lipinski definition) is 3. The molecule has 0 saturated carbocycles. The number of rotatable bonds is 8. The lowest BCUT2D eigenvalue weighted by Gasteiger charge is -2.11. The molecule has 0 aliphatic heterocycles. The quantitative estimate of drug-likeness (QED) is 0.292. The highest BCUT2D eigenvalue weighted by molar-refractivity contribution is 5.86. The van der Waals surface area contributed by atoms with Crippen molar-refractivity contribution in [3.05, 3.63) is 83.9 Å². The molecular formula is C24H26N2O. The van der Waals surface area contributed by atoms with Gasteiger partial charge in [-0.15, -0.1) is 0 Å². The van der Waals surface area contributed by atoms with E-state index >= 15 is 0 Å². The topological polar surface area (TPSA) is 33.6 Å². The van der Waals surface area contributed by atoms with Crippen LogP contribution in [-0.2, 0) is 0 Å². The molecule has 0 aromatic heterocycles. The van der Waals surface area contributed by atoms with Crippen LogP contribution in [-0.4, -0.2) is 12.8 Å². The van der Waals surface area contributed by atoms with Crippen LogP contribution in [0.4, 0.5) is 5.69 Å². The predicted molar refractivity (Wildman–Crippen MR) is 115 cm³/mol. The largest absolute Gasteiger partial charge is 0.493 e. The minimum absolute atomic E-state index is 0.716. The van der Waals surface area contributed by atoms with Crippen LogP contribution >= 0.6 is 0 Å². The maximum atomic E-state index is 5.97. The van der Waals surface area contributed by atoms with Crippen LogP contribution in [0.15, 0.2) is 77.9 Å². The van der Waals surface area contributed by atoms with Gasteiger partial charge in [0.25, 0.3) is 0 Å². The van der Waals surface area contributed by atoms with E-state index in [4.69, 9.17) is 4.74 Å². The lowest BCUT2D eigenvalue weighted by molar-refractivity contribution is 0.309. The van der Waals surface area contributed by atoms with E-state index in [1.54, 1.807) is 0 Å². The van der Waals surface area contributed by atoms with Crippen molar-refractivity contribution in [1.82, 2.24) is 0 Å². The predicted octanol–water partition coefficient (Wildman–Crippen LogP) is 6.29. The fourth-order valence-corrected chi connectivity index (χ4v) is 2.72. The maximum absolute atomic E-state index is 5.97. The molecule has 138 valence electrons. The molecular weight excluding hydrogens is 332 g/mol. The second kappa shape index (κ2) is 9.58. The third kappa shape index (κ3) is 5.45. The van der Waals surface area contributed by atoms with E-state index in [2.05, 4.69) is 60.8 Å². The molecule has 0 amide bonds. The first kappa shape index (κ1) is 18.7. The van der Waals surface area contributed by atoms with E-state index in [9.17, 15) is 0 Å². The first-order chi connectivity index (χ1) is 13.3. The summed E-state index contributed by atoms with van der Waals surface area (Å²) in [4.78, 5) is 0. The van der Waals surface area contributed by atoms with E-state index < -0.39 is 0 Å². The monoisotopic (exact) mass is 358 g/mol. The summed E-state index contributed by atoms with van der Waals surface area (Å²) in [6.07, 6.45) is 3.98. The number of anilines is 1. The Balaban J connectivity index is 1.84. The van der Waals surface area contributed by atoms with Crippen molar-refractivity contribution in [2.75, 3.05) is 12.0 Å². The Morgan fingerprint density at radius 1 is 0.926 bits per heavy atom. The maximum Gasteiger partial charge on any atom is 0.128 e. The summed E-state index contributed by atoms with van der Waals surface area (Å²) < 4.78 is 5.97. The fraction of sp³-hybridized carbons (Fsp3) is 0.208. The zero-order valence-corrected chi connectivity index (χ0v) is 16.0. The van der Waals surface area contributed by atoms with Gasteiger partial charge in [0, 0.05) is 5.56 Å². The molecule has 0 atom stereocenters. The minimum Gasteiger partial charge on any atom is -0.493 e. The molecule has 1 N–H and O–H groups in total. The smallest absolute Gasteiger partial charge is 0.128 e. The summed E-state index contributed by atoms with van der Waals surface area (Å²) in [7, 11) is 0. The molecule has 3 nitrogen and oxygen atoms in total. The molecule has 0 unspecified atom stereocenters. The second-order valence-corrected chi connectivity index (χ2v) is 6.56. The molecule has 3 rings (SSSR count). The molecule has 0 radical (unpaired) electrons. The van der Waals surface area contributed by atoms with Crippen molar-refractivity contribution in [3.63, 3.8) is 0 Å². The van der Waals surface area contributed by atoms with Crippen LogP contribution in [0.25, 0.3) is 11.1 Å². The number of para-hydroxylation sites is 1. The summed E-state index contributed by atoms with van der Waals surface area (Å²) in [6.45, 7) is 4.98. The van der Waals surface area contributed by atoms with Crippen molar-refractivity contribution in [1.29, 1.82) is 0 Å². The van der Waals surface area contributed by atoms with E-state index in [-0.39, 0.29) is 0 Å². The van der Waals surface area contributed by atoms with Crippen molar-refractivity contribution in [2.24, 2.45) is 5.10 Å². The Morgan fingerprint density at radius 3 is 2.41 bits per heavy atom. The third-order valence-electron chi connectivity index (χ3n) is 4.32. The van der Waals surface area contributed by atoms with Crippen LogP contribution in [0.5, 0.6) is 5.75 Å². The Labute approximate surface area is 161 Å². The van der Waals surface area contributed by atoms with Gasteiger partial charge in [-0.25, -0.2) is 0 Å². The number of nitrogens with zero attached hydrogens (tertiary/aromatic N) is 1. The zero-order valence-electron chi connectivity index (χ0n) is 16.0. The van der Waals surface area contributed by atoms with E-state index in [0.717, 1.165) is 35.4 Å². The highest BCUT2D eigenvalue weighted by Crippen LogP contribution is 2.26. The van der Waals surface area contributed by atoms with Crippen LogP contribution in [0.2, 0.25) is 0 Å². The van der Waals surface area contributed by atoms with Crippen molar-refractivity contribution in [2.45, 2.75) is 26.7 Å². The Hall–Kier alpha value is -3.07. The van der Waals surface area contributed by atoms with Crippen molar-refractivity contribution >= 4 is 11.9 Å². The summed E-state index contributed by atoms with van der Waals surface area (Å²) in [6, 6.07) is 24.7. The zero-order chi connectivity index (χ0) is 18.9. The van der Waals surface area contributed by atoms with Crippen molar-refractivity contribution < 1.29 is 4.74 Å². The summed E-state index contributed by atoms with van der Waals surface area (Å²) in [5.74, 6) is 0.859. The molecule has 3 aromatic carbocycles. The van der Waals surface area contributed by atoms with Gasteiger partial charge in [-0.3, -0.25) is 5.43 Å². The Kier molecular flexibility index (Phi) is 6.64. The number of ether oxygens (including phenoxy) is 1. The molecule has 3 heteroatoms. The third-order valence-corrected chi connectivity index (χ3v) is 4.32. The summed E-state index contributed by atoms with van der Waals surface area (Å²) >= 11 is 0. The average Bonchev–Trinajstić information content (AvgIpc) is 2.70. The Morgan fingerprint density at radius 2 is 1.67 bits per heavy atom. The average molecular weight is 358 g/mol. The lowest BCUT2D eigenvalue weighted by Crippen LogP contribution is -2.00. The number of hydrogen-bond donors (Lipinski definition) is 1. The van der Waals surface area contributed by atoms with E-state index in [0.29, 0.717) is 6.61 Å². The van der Waals surface area contributed by atoms with E-state index in [1.807, 2.05) is 42.6 Å². The highest BCUT2D eigenvalue weighted by atomic mass is 16.5. The molecule has 0 bridgehead atoms. The standard InChI is InChI=1S/C24H26N2O/c1-3-4-16-27-24-15-14-21(20-12-10-19(2)11-13-20)17-22(24)18-25-26-23-8-6-5-7-9-23/h5-15,17-18,26H,3-4,16H2,1-2H3. The van der Waals surface area contributed by atoms with Gasteiger partial charge in [-0.1, -0.05) is 67.4 Å². The molecule has 27 heavy (non-hydrogen) atoms. The first-order valence-corrected chi connectivity index (χ1v) is 9.44. The summed E-state index contributed by atoms with van der Waals surface area (Å²) in [5, 5.41) is 4.39. The number of hydrazone groups is 1. The van der Waals surface area contributed by atoms with Crippen LogP contribution in [0.1, 0.15) is 30.9 Å². The second-order valence-electron chi connectivity index (χ2n) is 6.56. The minimum atomic E-state index is 0.716. The molecule has 0 spiro atoms. The van der Waals surface area contributed by atoms with Gasteiger partial charge in [0.2, 0.25) is 0 Å². The number of unbranched alkanes of at least 4 members (excludes halogenated alkanes) is 1. The molecule has 0 aliphatic carbocycles. The van der Waals surface area contributed by atoms with Crippen LogP contribution < -0.4 is 10.2 Å². The van der Waals surface area contributed by atoms with Crippen molar-refractivity contribution in [3.8, 4) is 16.9 Å². The highest BCUT2D eigenvalue weighted by Gasteiger charge is 2.06. The molecule has 0 heterocycles. The SMILES string of the molecule is CCCCOc1ccc(-c2ccc(C)cc2)cc1C=NNc1ccccc1. The van der Waals surface area contributed by atoms with Crippen LogP contribution in [0.3, 0.4) is 0 Å². The van der Waals surface area contributed by atoms with Gasteiger partial charge in [0.05, 0.1) is 18.5 Å². The molecule has 0 saturated heterocycles. The van der Waals surface area contributed by atoms with Gasteiger partial charge >= 0.3 is 0 Å². The normalized spacial score (nSPS) is 10.9. The van der Waals surface area contributed by atoms with Gasteiger partial charge in [0.15, 0.2) is 0 Å². The molecule has 3 aromatic rings. The van der Waals surface area contributed by atoms with Gasteiger partial charge in [-0.2, -0.15) is 5.10 Å². The van der Waals surface area contributed by atoms with Gasteiger partial charge < -0.3 is 4.74 Å². The number of benzene rings is 3. The Bertz CT molecular complexity index is 871. The molecule has 0 aliphatic rings.